The average molecular weight is 482 g/mol. The molecule has 2 aliphatic heterocycles. The van der Waals surface area contributed by atoms with Gasteiger partial charge >= 0.3 is 0 Å². The van der Waals surface area contributed by atoms with Gasteiger partial charge in [0.1, 0.15) is 24.7 Å². The van der Waals surface area contributed by atoms with Crippen LogP contribution in [0, 0.1) is 0 Å². The summed E-state index contributed by atoms with van der Waals surface area (Å²) in [5, 5.41) is 11.3. The third kappa shape index (κ3) is 5.27. The zero-order chi connectivity index (χ0) is 24.8. The van der Waals surface area contributed by atoms with Gasteiger partial charge < -0.3 is 29.0 Å². The van der Waals surface area contributed by atoms with Gasteiger partial charge in [-0.2, -0.15) is 0 Å². The van der Waals surface area contributed by atoms with Gasteiger partial charge in [-0.3, -0.25) is 9.59 Å². The lowest BCUT2D eigenvalue weighted by Crippen LogP contribution is -2.32. The number of aliphatic hydroxyl groups excluding tert-OH is 1. The zero-order valence-corrected chi connectivity index (χ0v) is 20.1. The molecule has 0 spiro atoms. The lowest BCUT2D eigenvalue weighted by atomic mass is 9.95. The molecule has 2 aromatic rings. The van der Waals surface area contributed by atoms with Gasteiger partial charge in [-0.25, -0.2) is 0 Å². The first-order chi connectivity index (χ1) is 17.0. The number of aliphatic hydroxyl groups is 1. The Morgan fingerprint density at radius 3 is 2.63 bits per heavy atom. The fourth-order valence-corrected chi connectivity index (χ4v) is 4.31. The number of fused-ring (bicyclic) bond motifs is 1. The van der Waals surface area contributed by atoms with Crippen LogP contribution in [0.25, 0.3) is 5.76 Å². The van der Waals surface area contributed by atoms with Crippen molar-refractivity contribution in [2.75, 3.05) is 40.1 Å². The van der Waals surface area contributed by atoms with E-state index in [1.807, 2.05) is 24.3 Å². The van der Waals surface area contributed by atoms with E-state index in [2.05, 4.69) is 6.92 Å². The highest BCUT2D eigenvalue weighted by atomic mass is 16.6. The monoisotopic (exact) mass is 481 g/mol. The van der Waals surface area contributed by atoms with Gasteiger partial charge in [0.05, 0.1) is 24.8 Å². The van der Waals surface area contributed by atoms with Gasteiger partial charge in [-0.1, -0.05) is 31.9 Å². The number of amides is 1. The molecular formula is C27H31NO7. The number of nitrogens with zero attached hydrogens (tertiary/aromatic N) is 1. The molecule has 2 aliphatic rings. The summed E-state index contributed by atoms with van der Waals surface area (Å²) in [7, 11) is 1.53. The van der Waals surface area contributed by atoms with Crippen LogP contribution in [0.2, 0.25) is 0 Å². The highest BCUT2D eigenvalue weighted by molar-refractivity contribution is 6.46. The Balaban J connectivity index is 1.73. The van der Waals surface area contributed by atoms with E-state index in [1.54, 1.807) is 18.2 Å². The van der Waals surface area contributed by atoms with E-state index < -0.39 is 17.7 Å². The number of likely N-dealkylation sites (tertiary alicyclic amines) is 1. The number of methoxy groups -OCH3 is 1. The molecule has 0 aromatic heterocycles. The van der Waals surface area contributed by atoms with Gasteiger partial charge in [-0.15, -0.1) is 0 Å². The van der Waals surface area contributed by atoms with Crippen molar-refractivity contribution in [1.29, 1.82) is 0 Å². The number of hydrogen-bond donors (Lipinski definition) is 1. The molecule has 0 bridgehead atoms. The molecule has 0 radical (unpaired) electrons. The van der Waals surface area contributed by atoms with Gasteiger partial charge in [0.25, 0.3) is 11.7 Å². The van der Waals surface area contributed by atoms with E-state index in [4.69, 9.17) is 18.9 Å². The second kappa shape index (κ2) is 11.3. The van der Waals surface area contributed by atoms with Crippen LogP contribution < -0.4 is 14.2 Å². The lowest BCUT2D eigenvalue weighted by Gasteiger charge is -2.25. The Labute approximate surface area is 205 Å². The third-order valence-corrected chi connectivity index (χ3v) is 6.08. The maximum atomic E-state index is 13.2. The Hall–Kier alpha value is -3.52. The van der Waals surface area contributed by atoms with E-state index in [1.165, 1.54) is 12.0 Å². The molecule has 0 unspecified atom stereocenters. The minimum Gasteiger partial charge on any atom is -0.507 e. The summed E-state index contributed by atoms with van der Waals surface area (Å²) in [4.78, 5) is 27.6. The van der Waals surface area contributed by atoms with Crippen LogP contribution in [-0.4, -0.2) is 61.8 Å². The predicted octanol–water partition coefficient (Wildman–Crippen LogP) is 4.09. The van der Waals surface area contributed by atoms with Gasteiger partial charge in [0, 0.05) is 19.2 Å². The Kier molecular flexibility index (Phi) is 7.92. The van der Waals surface area contributed by atoms with Crippen LogP contribution in [0.1, 0.15) is 43.4 Å². The summed E-state index contributed by atoms with van der Waals surface area (Å²) >= 11 is 0. The maximum absolute atomic E-state index is 13.2. The first-order valence-electron chi connectivity index (χ1n) is 11.9. The molecular weight excluding hydrogens is 450 g/mol. The lowest BCUT2D eigenvalue weighted by molar-refractivity contribution is -0.140. The Bertz CT molecular complexity index is 1110. The number of hydrogen-bond acceptors (Lipinski definition) is 7. The Morgan fingerprint density at radius 2 is 1.86 bits per heavy atom. The van der Waals surface area contributed by atoms with E-state index in [0.717, 1.165) is 19.3 Å². The normalized spacial score (nSPS) is 18.7. The number of carbonyl (C=O) groups excluding carboxylic acids is 2. The van der Waals surface area contributed by atoms with E-state index in [9.17, 15) is 14.7 Å². The highest BCUT2D eigenvalue weighted by Crippen LogP contribution is 2.41. The Morgan fingerprint density at radius 1 is 1.06 bits per heavy atom. The number of benzene rings is 2. The van der Waals surface area contributed by atoms with Crippen LogP contribution in [0.3, 0.4) is 0 Å². The second-order valence-electron chi connectivity index (χ2n) is 8.47. The predicted molar refractivity (Wildman–Crippen MR) is 130 cm³/mol. The third-order valence-electron chi connectivity index (χ3n) is 6.08. The molecule has 4 rings (SSSR count). The van der Waals surface area contributed by atoms with Gasteiger partial charge in [-0.05, 0) is 42.3 Å². The summed E-state index contributed by atoms with van der Waals surface area (Å²) < 4.78 is 22.3. The van der Waals surface area contributed by atoms with Crippen molar-refractivity contribution in [3.05, 3.63) is 59.2 Å². The summed E-state index contributed by atoms with van der Waals surface area (Å²) in [6, 6.07) is 11.5. The van der Waals surface area contributed by atoms with Crippen molar-refractivity contribution >= 4 is 17.4 Å². The molecule has 1 atom stereocenters. The van der Waals surface area contributed by atoms with Gasteiger partial charge in [0.15, 0.2) is 11.5 Å². The van der Waals surface area contributed by atoms with Crippen molar-refractivity contribution in [3.63, 3.8) is 0 Å². The van der Waals surface area contributed by atoms with Crippen molar-refractivity contribution in [2.24, 2.45) is 0 Å². The van der Waals surface area contributed by atoms with Crippen LogP contribution in [-0.2, 0) is 14.3 Å². The molecule has 1 fully saturated rings. The molecule has 8 heteroatoms. The van der Waals surface area contributed by atoms with Crippen LogP contribution in [0.5, 0.6) is 17.2 Å². The molecule has 2 heterocycles. The zero-order valence-electron chi connectivity index (χ0n) is 20.1. The molecule has 0 saturated carbocycles. The minimum absolute atomic E-state index is 0.0194. The standard InChI is InChI=1S/C27H31NO7/c1-3-4-5-12-33-20-8-6-7-18(16-20)24-23(26(30)27(31)28(24)11-13-32-2)25(29)19-9-10-21-22(17-19)35-15-14-34-21/h6-10,16-17,24,29H,3-5,11-15H2,1-2H3/t24-/m1/s1. The molecule has 0 aliphatic carbocycles. The van der Waals surface area contributed by atoms with Crippen molar-refractivity contribution in [1.82, 2.24) is 4.90 Å². The topological polar surface area (TPSA) is 94.5 Å². The molecule has 186 valence electrons. The first-order valence-corrected chi connectivity index (χ1v) is 11.9. The molecule has 1 amide bonds. The van der Waals surface area contributed by atoms with Crippen LogP contribution in [0.15, 0.2) is 48.0 Å². The molecule has 35 heavy (non-hydrogen) atoms. The number of unbranched alkanes of at least 4 members (excludes halogenated alkanes) is 2. The van der Waals surface area contributed by atoms with E-state index >= 15 is 0 Å². The first kappa shape index (κ1) is 24.6. The SMILES string of the molecule is CCCCCOc1cccc([C@@H]2C(=C(O)c3ccc4c(c3)OCCO4)C(=O)C(=O)N2CCOC)c1. The van der Waals surface area contributed by atoms with E-state index in [0.29, 0.717) is 48.2 Å². The van der Waals surface area contributed by atoms with Crippen molar-refractivity contribution in [2.45, 2.75) is 32.2 Å². The fourth-order valence-electron chi connectivity index (χ4n) is 4.31. The average Bonchev–Trinajstić information content (AvgIpc) is 3.14. The molecule has 2 aromatic carbocycles. The summed E-state index contributed by atoms with van der Waals surface area (Å²) in [5.74, 6) is 0.00805. The smallest absolute Gasteiger partial charge is 0.295 e. The van der Waals surface area contributed by atoms with Crippen LogP contribution in [0.4, 0.5) is 0 Å². The summed E-state index contributed by atoms with van der Waals surface area (Å²) in [5.41, 5.74) is 1.06. The molecule has 8 nitrogen and oxygen atoms in total. The number of rotatable bonds is 10. The molecule has 1 N–H and O–H groups in total. The van der Waals surface area contributed by atoms with E-state index in [-0.39, 0.29) is 24.5 Å². The highest BCUT2D eigenvalue weighted by Gasteiger charge is 2.46. The largest absolute Gasteiger partial charge is 0.507 e. The fraction of sp³-hybridized carbons (Fsp3) is 0.407. The quantitative estimate of drug-likeness (QED) is 0.236. The van der Waals surface area contributed by atoms with Crippen molar-refractivity contribution < 1.29 is 33.6 Å². The van der Waals surface area contributed by atoms with Crippen molar-refractivity contribution in [3.8, 4) is 17.2 Å². The summed E-state index contributed by atoms with van der Waals surface area (Å²) in [6.07, 6.45) is 3.11. The number of carbonyl (C=O) groups is 2. The number of ether oxygens (including phenoxy) is 4. The minimum atomic E-state index is -0.780. The summed E-state index contributed by atoms with van der Waals surface area (Å²) in [6.45, 7) is 4.00. The number of Topliss-reactive ketones (excluding diaryl/α,β-unsaturated/α-hetero) is 1. The second-order valence-corrected chi connectivity index (χ2v) is 8.47. The number of ketones is 1. The maximum Gasteiger partial charge on any atom is 0.295 e. The van der Waals surface area contributed by atoms with Crippen LogP contribution >= 0.6 is 0 Å². The van der Waals surface area contributed by atoms with Gasteiger partial charge in [0.2, 0.25) is 0 Å². The molecule has 1 saturated heterocycles.